The molecule has 2 atom stereocenters. The molecule has 0 spiro atoms. The number of hydrogen-bond acceptors (Lipinski definition) is 5. The lowest BCUT2D eigenvalue weighted by Crippen LogP contribution is -2.37. The molecule has 1 amide bonds. The molecule has 4 rings (SSSR count). The van der Waals surface area contributed by atoms with Crippen molar-refractivity contribution in [2.24, 2.45) is 5.92 Å². The van der Waals surface area contributed by atoms with Crippen LogP contribution in [0, 0.1) is 27.4 Å². The first-order chi connectivity index (χ1) is 12.1. The summed E-state index contributed by atoms with van der Waals surface area (Å²) in [5.41, 5.74) is 1.84. The number of nitriles is 1. The van der Waals surface area contributed by atoms with Crippen LogP contribution < -0.4 is 5.32 Å². The van der Waals surface area contributed by atoms with E-state index in [1.54, 1.807) is 22.8 Å². The molecule has 1 N–H and O–H groups in total. The number of non-ortho nitro benzene ring substituents is 1. The van der Waals surface area contributed by atoms with E-state index in [0.717, 1.165) is 5.52 Å². The van der Waals surface area contributed by atoms with Crippen LogP contribution in [0.2, 0.25) is 0 Å². The molecule has 8 heteroatoms. The minimum atomic E-state index is -1.02. The number of hydrogen-bond donors (Lipinski definition) is 1. The Morgan fingerprint density at radius 3 is 2.80 bits per heavy atom. The molecule has 2 heterocycles. The van der Waals surface area contributed by atoms with Crippen molar-refractivity contribution >= 4 is 28.6 Å². The average molecular weight is 333 g/mol. The molecule has 3 aromatic rings. The van der Waals surface area contributed by atoms with Crippen LogP contribution in [-0.4, -0.2) is 20.4 Å². The van der Waals surface area contributed by atoms with Crippen LogP contribution in [-0.2, 0) is 4.79 Å². The van der Waals surface area contributed by atoms with Gasteiger partial charge in [0.25, 0.3) is 5.69 Å². The number of benzene rings is 2. The van der Waals surface area contributed by atoms with E-state index in [4.69, 9.17) is 0 Å². The zero-order valence-electron chi connectivity index (χ0n) is 12.8. The lowest BCUT2D eigenvalue weighted by atomic mass is 9.91. The molecule has 122 valence electrons. The van der Waals surface area contributed by atoms with Crippen LogP contribution in [0.25, 0.3) is 11.0 Å². The van der Waals surface area contributed by atoms with E-state index < -0.39 is 22.8 Å². The Morgan fingerprint density at radius 1 is 1.24 bits per heavy atom. The van der Waals surface area contributed by atoms with Crippen LogP contribution >= 0.6 is 0 Å². The van der Waals surface area contributed by atoms with Gasteiger partial charge in [0.1, 0.15) is 0 Å². The SMILES string of the molecule is N#CC1C(=O)Nc2nc3ccccc3n2C1c1cccc([N+](=O)[O-])c1. The van der Waals surface area contributed by atoms with E-state index >= 15 is 0 Å². The number of carbonyl (C=O) groups is 1. The number of nitrogens with one attached hydrogen (secondary N) is 1. The maximum atomic E-state index is 12.3. The topological polar surface area (TPSA) is 114 Å². The lowest BCUT2D eigenvalue weighted by Gasteiger charge is -2.29. The van der Waals surface area contributed by atoms with Crippen molar-refractivity contribution in [3.63, 3.8) is 0 Å². The zero-order chi connectivity index (χ0) is 17.6. The number of para-hydroxylation sites is 2. The molecule has 25 heavy (non-hydrogen) atoms. The maximum Gasteiger partial charge on any atom is 0.269 e. The molecule has 0 bridgehead atoms. The summed E-state index contributed by atoms with van der Waals surface area (Å²) in [5.74, 6) is -1.16. The van der Waals surface area contributed by atoms with Gasteiger partial charge in [-0.15, -0.1) is 0 Å². The van der Waals surface area contributed by atoms with Crippen molar-refractivity contribution in [1.82, 2.24) is 9.55 Å². The molecule has 8 nitrogen and oxygen atoms in total. The smallest absolute Gasteiger partial charge is 0.269 e. The summed E-state index contributed by atoms with van der Waals surface area (Å²) in [5, 5.41) is 23.3. The fraction of sp³-hybridized carbons (Fsp3) is 0.118. The highest BCUT2D eigenvalue weighted by molar-refractivity contribution is 5.97. The third-order valence-corrected chi connectivity index (χ3v) is 4.27. The van der Waals surface area contributed by atoms with Crippen molar-refractivity contribution in [2.45, 2.75) is 6.04 Å². The molecule has 2 aromatic carbocycles. The van der Waals surface area contributed by atoms with Crippen LogP contribution in [0.1, 0.15) is 11.6 Å². The number of fused-ring (bicyclic) bond motifs is 3. The predicted octanol–water partition coefficient (Wildman–Crippen LogP) is 2.63. The third-order valence-electron chi connectivity index (χ3n) is 4.27. The molecule has 2 unspecified atom stereocenters. The lowest BCUT2D eigenvalue weighted by molar-refractivity contribution is -0.384. The molecule has 0 saturated carbocycles. The van der Waals surface area contributed by atoms with Crippen LogP contribution in [0.5, 0.6) is 0 Å². The molecule has 1 aromatic heterocycles. The zero-order valence-corrected chi connectivity index (χ0v) is 12.8. The Bertz CT molecular complexity index is 1070. The number of carbonyl (C=O) groups excluding carboxylic acids is 1. The van der Waals surface area contributed by atoms with E-state index in [1.807, 2.05) is 24.3 Å². The van der Waals surface area contributed by atoms with Gasteiger partial charge >= 0.3 is 0 Å². The standard InChI is InChI=1S/C17H11N5O3/c18-9-12-15(10-4-3-5-11(8-10)22(24)25)21-14-7-2-1-6-13(14)19-17(21)20-16(12)23/h1-8,12,15H,(H,19,20,23). The first kappa shape index (κ1) is 14.8. The number of imidazole rings is 1. The number of rotatable bonds is 2. The first-order valence-corrected chi connectivity index (χ1v) is 7.52. The van der Waals surface area contributed by atoms with Gasteiger partial charge in [0.05, 0.1) is 28.1 Å². The van der Waals surface area contributed by atoms with Crippen LogP contribution in [0.15, 0.2) is 48.5 Å². The second kappa shape index (κ2) is 5.42. The Kier molecular flexibility index (Phi) is 3.22. The number of nitrogens with zero attached hydrogens (tertiary/aromatic N) is 4. The van der Waals surface area contributed by atoms with Crippen LogP contribution in [0.4, 0.5) is 11.6 Å². The van der Waals surface area contributed by atoms with Crippen molar-refractivity contribution in [3.05, 3.63) is 64.2 Å². The fourth-order valence-corrected chi connectivity index (χ4v) is 3.19. The highest BCUT2D eigenvalue weighted by atomic mass is 16.6. The third kappa shape index (κ3) is 2.21. The summed E-state index contributed by atoms with van der Waals surface area (Å²) in [7, 11) is 0. The number of anilines is 1. The van der Waals surface area contributed by atoms with Gasteiger partial charge < -0.3 is 4.57 Å². The number of aromatic nitrogens is 2. The molecule has 0 aliphatic carbocycles. The molecular formula is C17H11N5O3. The van der Waals surface area contributed by atoms with Gasteiger partial charge in [-0.25, -0.2) is 4.98 Å². The Labute approximate surface area is 141 Å². The molecule has 0 saturated heterocycles. The molecular weight excluding hydrogens is 322 g/mol. The van der Waals surface area contributed by atoms with Crippen molar-refractivity contribution in [2.75, 3.05) is 5.32 Å². The van der Waals surface area contributed by atoms with Crippen molar-refractivity contribution in [1.29, 1.82) is 5.26 Å². The largest absolute Gasteiger partial charge is 0.300 e. The summed E-state index contributed by atoms with van der Waals surface area (Å²) in [6, 6.07) is 14.6. The molecule has 0 fully saturated rings. The maximum absolute atomic E-state index is 12.3. The van der Waals surface area contributed by atoms with Crippen molar-refractivity contribution < 1.29 is 9.72 Å². The van der Waals surface area contributed by atoms with Gasteiger partial charge in [0.2, 0.25) is 11.9 Å². The fourth-order valence-electron chi connectivity index (χ4n) is 3.19. The van der Waals surface area contributed by atoms with Gasteiger partial charge in [-0.3, -0.25) is 20.2 Å². The van der Waals surface area contributed by atoms with Gasteiger partial charge in [-0.05, 0) is 17.7 Å². The highest BCUT2D eigenvalue weighted by Gasteiger charge is 2.39. The molecule has 1 aliphatic heterocycles. The minimum absolute atomic E-state index is 0.0915. The van der Waals surface area contributed by atoms with E-state index in [9.17, 15) is 20.2 Å². The minimum Gasteiger partial charge on any atom is -0.300 e. The Balaban J connectivity index is 1.99. The summed E-state index contributed by atoms with van der Waals surface area (Å²) >= 11 is 0. The monoisotopic (exact) mass is 333 g/mol. The Hall–Kier alpha value is -3.73. The van der Waals surface area contributed by atoms with E-state index in [-0.39, 0.29) is 5.69 Å². The summed E-state index contributed by atoms with van der Waals surface area (Å²) in [4.78, 5) is 27.3. The second-order valence-electron chi connectivity index (χ2n) is 5.69. The summed E-state index contributed by atoms with van der Waals surface area (Å²) < 4.78 is 1.75. The highest BCUT2D eigenvalue weighted by Crippen LogP contribution is 2.38. The van der Waals surface area contributed by atoms with E-state index in [0.29, 0.717) is 17.0 Å². The predicted molar refractivity (Wildman–Crippen MR) is 88.7 cm³/mol. The summed E-state index contributed by atoms with van der Waals surface area (Å²) in [6.07, 6.45) is 0. The van der Waals surface area contributed by atoms with E-state index in [2.05, 4.69) is 10.3 Å². The number of nitro groups is 1. The van der Waals surface area contributed by atoms with Gasteiger partial charge in [0, 0.05) is 12.1 Å². The molecule has 1 aliphatic rings. The first-order valence-electron chi connectivity index (χ1n) is 7.52. The Morgan fingerprint density at radius 2 is 2.04 bits per heavy atom. The van der Waals surface area contributed by atoms with Gasteiger partial charge in [-0.2, -0.15) is 5.26 Å². The average Bonchev–Trinajstić information content (AvgIpc) is 2.98. The number of amides is 1. The van der Waals surface area contributed by atoms with Crippen molar-refractivity contribution in [3.8, 4) is 6.07 Å². The van der Waals surface area contributed by atoms with Gasteiger partial charge in [-0.1, -0.05) is 24.3 Å². The normalized spacial score (nSPS) is 19.1. The van der Waals surface area contributed by atoms with Crippen LogP contribution in [0.3, 0.4) is 0 Å². The molecule has 0 radical (unpaired) electrons. The van der Waals surface area contributed by atoms with E-state index in [1.165, 1.54) is 12.1 Å². The quantitative estimate of drug-likeness (QED) is 0.572. The number of nitro benzene ring substituents is 1. The summed E-state index contributed by atoms with van der Waals surface area (Å²) in [6.45, 7) is 0. The van der Waals surface area contributed by atoms with Gasteiger partial charge in [0.15, 0.2) is 5.92 Å². The second-order valence-corrected chi connectivity index (χ2v) is 5.69.